The molecular formula is C15H16N4O. The van der Waals surface area contributed by atoms with Gasteiger partial charge in [0.15, 0.2) is 0 Å². The summed E-state index contributed by atoms with van der Waals surface area (Å²) in [5.74, 6) is 2.12. The minimum Gasteiger partial charge on any atom is -0.496 e. The molecule has 2 rings (SSSR count). The predicted molar refractivity (Wildman–Crippen MR) is 77.6 cm³/mol. The molecule has 1 heterocycles. The van der Waals surface area contributed by atoms with Crippen LogP contribution < -0.4 is 10.1 Å². The second kappa shape index (κ2) is 6.02. The fourth-order valence-electron chi connectivity index (χ4n) is 1.96. The Kier molecular flexibility index (Phi) is 4.16. The van der Waals surface area contributed by atoms with Gasteiger partial charge in [0.2, 0.25) is 0 Å². The van der Waals surface area contributed by atoms with Gasteiger partial charge in [0.05, 0.1) is 24.4 Å². The number of nitrogens with one attached hydrogen (secondary N) is 1. The normalized spacial score (nSPS) is 9.90. The Bertz CT molecular complexity index is 661. The van der Waals surface area contributed by atoms with Gasteiger partial charge in [-0.15, -0.1) is 0 Å². The number of rotatable bonds is 4. The van der Waals surface area contributed by atoms with Gasteiger partial charge in [0.1, 0.15) is 17.4 Å². The molecular weight excluding hydrogens is 252 g/mol. The molecule has 0 fully saturated rings. The highest BCUT2D eigenvalue weighted by atomic mass is 16.5. The van der Waals surface area contributed by atoms with Crippen molar-refractivity contribution in [3.63, 3.8) is 0 Å². The average molecular weight is 268 g/mol. The number of nitriles is 1. The van der Waals surface area contributed by atoms with Crippen LogP contribution in [0.4, 0.5) is 5.82 Å². The lowest BCUT2D eigenvalue weighted by Crippen LogP contribution is -2.03. The summed E-state index contributed by atoms with van der Waals surface area (Å²) in [5, 5.41) is 12.2. The van der Waals surface area contributed by atoms with Crippen LogP contribution in [0.3, 0.4) is 0 Å². The molecule has 0 atom stereocenters. The van der Waals surface area contributed by atoms with Crippen molar-refractivity contribution in [3.05, 3.63) is 35.7 Å². The summed E-state index contributed by atoms with van der Waals surface area (Å²) in [7, 11) is 1.60. The highest BCUT2D eigenvalue weighted by Crippen LogP contribution is 2.30. The third-order valence-electron chi connectivity index (χ3n) is 2.80. The van der Waals surface area contributed by atoms with Crippen molar-refractivity contribution in [1.29, 1.82) is 5.26 Å². The first kappa shape index (κ1) is 13.8. The van der Waals surface area contributed by atoms with Gasteiger partial charge in [-0.3, -0.25) is 0 Å². The van der Waals surface area contributed by atoms with E-state index in [0.717, 1.165) is 23.6 Å². The van der Waals surface area contributed by atoms with Crippen LogP contribution in [0.1, 0.15) is 18.3 Å². The molecule has 0 aliphatic heterocycles. The molecule has 1 N–H and O–H groups in total. The number of hydrogen-bond donors (Lipinski definition) is 1. The Morgan fingerprint density at radius 1 is 1.30 bits per heavy atom. The van der Waals surface area contributed by atoms with Crippen LogP contribution in [0.15, 0.2) is 24.3 Å². The van der Waals surface area contributed by atoms with Crippen molar-refractivity contribution < 1.29 is 4.74 Å². The van der Waals surface area contributed by atoms with Gasteiger partial charge in [-0.1, -0.05) is 0 Å². The van der Waals surface area contributed by atoms with Gasteiger partial charge in [0, 0.05) is 18.2 Å². The van der Waals surface area contributed by atoms with Crippen LogP contribution in [0.5, 0.6) is 5.75 Å². The summed E-state index contributed by atoms with van der Waals surface area (Å²) >= 11 is 0. The number of nitrogens with zero attached hydrogens (tertiary/aromatic N) is 3. The fourth-order valence-corrected chi connectivity index (χ4v) is 1.96. The maximum atomic E-state index is 9.03. The first-order chi connectivity index (χ1) is 9.67. The third kappa shape index (κ3) is 2.86. The molecule has 0 spiro atoms. The van der Waals surface area contributed by atoms with Gasteiger partial charge in [0.25, 0.3) is 0 Å². The minimum absolute atomic E-state index is 0.571. The van der Waals surface area contributed by atoms with Crippen LogP contribution in [-0.2, 0) is 0 Å². The van der Waals surface area contributed by atoms with E-state index in [1.165, 1.54) is 0 Å². The Labute approximate surface area is 118 Å². The number of hydrogen-bond acceptors (Lipinski definition) is 5. The molecule has 20 heavy (non-hydrogen) atoms. The standard InChI is InChI=1S/C15H16N4O/c1-4-17-15-8-13(18-10(2)19-15)12-7-11(9-16)5-6-14(12)20-3/h5-8H,4H2,1-3H3,(H,17,18,19). The lowest BCUT2D eigenvalue weighted by atomic mass is 10.1. The zero-order valence-electron chi connectivity index (χ0n) is 11.8. The highest BCUT2D eigenvalue weighted by molar-refractivity contribution is 5.71. The van der Waals surface area contributed by atoms with Crippen molar-refractivity contribution in [1.82, 2.24) is 9.97 Å². The van der Waals surface area contributed by atoms with E-state index >= 15 is 0 Å². The highest BCUT2D eigenvalue weighted by Gasteiger charge is 2.11. The van der Waals surface area contributed by atoms with E-state index < -0.39 is 0 Å². The molecule has 0 unspecified atom stereocenters. The largest absolute Gasteiger partial charge is 0.496 e. The molecule has 5 nitrogen and oxygen atoms in total. The molecule has 0 aliphatic carbocycles. The zero-order chi connectivity index (χ0) is 14.5. The van der Waals surface area contributed by atoms with E-state index in [-0.39, 0.29) is 0 Å². The van der Waals surface area contributed by atoms with Crippen molar-refractivity contribution in [3.8, 4) is 23.1 Å². The quantitative estimate of drug-likeness (QED) is 0.923. The van der Waals surface area contributed by atoms with E-state index in [4.69, 9.17) is 10.00 Å². The maximum absolute atomic E-state index is 9.03. The summed E-state index contributed by atoms with van der Waals surface area (Å²) in [4.78, 5) is 8.75. The second-order valence-electron chi connectivity index (χ2n) is 4.24. The topological polar surface area (TPSA) is 70.8 Å². The van der Waals surface area contributed by atoms with Gasteiger partial charge in [-0.2, -0.15) is 5.26 Å². The van der Waals surface area contributed by atoms with Gasteiger partial charge >= 0.3 is 0 Å². The Morgan fingerprint density at radius 3 is 2.75 bits per heavy atom. The average Bonchev–Trinajstić information content (AvgIpc) is 2.46. The fraction of sp³-hybridized carbons (Fsp3) is 0.267. The van der Waals surface area contributed by atoms with Crippen LogP contribution >= 0.6 is 0 Å². The molecule has 0 radical (unpaired) electrons. The van der Waals surface area contributed by atoms with Crippen molar-refractivity contribution in [2.75, 3.05) is 19.0 Å². The van der Waals surface area contributed by atoms with E-state index in [9.17, 15) is 0 Å². The Morgan fingerprint density at radius 2 is 2.10 bits per heavy atom. The number of benzene rings is 1. The Balaban J connectivity index is 2.58. The van der Waals surface area contributed by atoms with Crippen LogP contribution in [-0.4, -0.2) is 23.6 Å². The molecule has 102 valence electrons. The van der Waals surface area contributed by atoms with Crippen molar-refractivity contribution in [2.24, 2.45) is 0 Å². The predicted octanol–water partition coefficient (Wildman–Crippen LogP) is 2.76. The number of ether oxygens (including phenoxy) is 1. The lowest BCUT2D eigenvalue weighted by Gasteiger charge is -2.11. The second-order valence-corrected chi connectivity index (χ2v) is 4.24. The molecule has 0 bridgehead atoms. The molecule has 1 aromatic carbocycles. The van der Waals surface area contributed by atoms with Crippen molar-refractivity contribution >= 4 is 5.82 Å². The molecule has 1 aromatic heterocycles. The number of aromatic nitrogens is 2. The minimum atomic E-state index is 0.571. The summed E-state index contributed by atoms with van der Waals surface area (Å²) in [6.45, 7) is 4.63. The summed E-state index contributed by atoms with van der Waals surface area (Å²) in [5.41, 5.74) is 2.10. The smallest absolute Gasteiger partial charge is 0.130 e. The van der Waals surface area contributed by atoms with Gasteiger partial charge in [-0.25, -0.2) is 9.97 Å². The van der Waals surface area contributed by atoms with Crippen molar-refractivity contribution in [2.45, 2.75) is 13.8 Å². The third-order valence-corrected chi connectivity index (χ3v) is 2.80. The molecule has 2 aromatic rings. The lowest BCUT2D eigenvalue weighted by molar-refractivity contribution is 0.416. The Hall–Kier alpha value is -2.61. The van der Waals surface area contributed by atoms with Gasteiger partial charge in [-0.05, 0) is 32.0 Å². The van der Waals surface area contributed by atoms with E-state index in [2.05, 4.69) is 21.4 Å². The molecule has 5 heteroatoms. The maximum Gasteiger partial charge on any atom is 0.130 e. The summed E-state index contributed by atoms with van der Waals surface area (Å²) in [6, 6.07) is 9.26. The summed E-state index contributed by atoms with van der Waals surface area (Å²) in [6.07, 6.45) is 0. The van der Waals surface area contributed by atoms with Crippen LogP contribution in [0.25, 0.3) is 11.3 Å². The number of aryl methyl sites for hydroxylation is 1. The molecule has 0 saturated carbocycles. The van der Waals surface area contributed by atoms with Crippen LogP contribution in [0, 0.1) is 18.3 Å². The molecule has 0 aliphatic rings. The zero-order valence-corrected chi connectivity index (χ0v) is 11.8. The number of methoxy groups -OCH3 is 1. The first-order valence-corrected chi connectivity index (χ1v) is 6.36. The van der Waals surface area contributed by atoms with E-state index in [1.54, 1.807) is 25.3 Å². The first-order valence-electron chi connectivity index (χ1n) is 6.36. The number of anilines is 1. The van der Waals surface area contributed by atoms with Gasteiger partial charge < -0.3 is 10.1 Å². The summed E-state index contributed by atoms with van der Waals surface area (Å²) < 4.78 is 5.35. The van der Waals surface area contributed by atoms with E-state index in [0.29, 0.717) is 17.1 Å². The van der Waals surface area contributed by atoms with E-state index in [1.807, 2.05) is 19.9 Å². The molecule has 0 amide bonds. The SMILES string of the molecule is CCNc1cc(-c2cc(C#N)ccc2OC)nc(C)n1. The monoisotopic (exact) mass is 268 g/mol. The van der Waals surface area contributed by atoms with Crippen LogP contribution in [0.2, 0.25) is 0 Å². The molecule has 0 saturated heterocycles.